The van der Waals surface area contributed by atoms with Gasteiger partial charge >= 0.3 is 0 Å². The van der Waals surface area contributed by atoms with E-state index in [0.717, 1.165) is 4.58 Å². The normalized spacial score (nSPS) is 9.88. The van der Waals surface area contributed by atoms with E-state index in [2.05, 4.69) is 0 Å². The molecule has 0 amide bonds. The molecule has 2 nitrogen and oxygen atoms in total. The Hall–Kier alpha value is -1.38. The fourth-order valence-electron chi connectivity index (χ4n) is 1.22. The summed E-state index contributed by atoms with van der Waals surface area (Å²) in [6.07, 6.45) is 0. The Labute approximate surface area is 104 Å². The van der Waals surface area contributed by atoms with Gasteiger partial charge in [0.25, 0.3) is 0 Å². The number of nitrogens with zero attached hydrogens (tertiary/aromatic N) is 1. The topological polar surface area (TPSA) is 12.5 Å². The third kappa shape index (κ3) is 2.60. The Morgan fingerprint density at radius 3 is 2.19 bits per heavy atom. The van der Waals surface area contributed by atoms with Gasteiger partial charge in [0.05, 0.1) is 16.8 Å². The van der Waals surface area contributed by atoms with E-state index in [-0.39, 0.29) is 0 Å². The third-order valence-electron chi connectivity index (χ3n) is 1.97. The van der Waals surface area contributed by atoms with Crippen molar-refractivity contribution in [2.24, 2.45) is 0 Å². The van der Waals surface area contributed by atoms with E-state index in [1.165, 1.54) is 0 Å². The summed E-state index contributed by atoms with van der Waals surface area (Å²) in [5.41, 5.74) is 0.606. The van der Waals surface area contributed by atoms with Gasteiger partial charge in [0.1, 0.15) is 5.69 Å². The lowest BCUT2D eigenvalue weighted by molar-refractivity contribution is 0.347. The zero-order valence-electron chi connectivity index (χ0n) is 8.31. The zero-order chi connectivity index (χ0) is 11.4. The lowest BCUT2D eigenvalue weighted by Crippen LogP contribution is -2.15. The molecule has 0 aromatic heterocycles. The van der Waals surface area contributed by atoms with Crippen molar-refractivity contribution in [3.8, 4) is 5.75 Å². The molecule has 2 aromatic rings. The molecule has 2 aromatic carbocycles. The number of hydrogen-bond acceptors (Lipinski definition) is 2. The van der Waals surface area contributed by atoms with Gasteiger partial charge in [-0.1, -0.05) is 41.9 Å². The summed E-state index contributed by atoms with van der Waals surface area (Å²) in [6.45, 7) is 0. The van der Waals surface area contributed by atoms with Crippen LogP contribution in [0.5, 0.6) is 5.75 Å². The molecule has 0 saturated heterocycles. The third-order valence-corrected chi connectivity index (χ3v) is 2.54. The van der Waals surface area contributed by atoms with Crippen LogP contribution in [0.3, 0.4) is 0 Å². The number of hydrogen-bond donors (Lipinski definition) is 0. The van der Waals surface area contributed by atoms with Crippen molar-refractivity contribution in [1.82, 2.24) is 0 Å². The quantitative estimate of drug-likeness (QED) is 0.598. The first-order valence-corrected chi connectivity index (χ1v) is 5.42. The van der Waals surface area contributed by atoms with Crippen molar-refractivity contribution >= 4 is 29.1 Å². The second-order valence-electron chi connectivity index (χ2n) is 3.10. The molecule has 16 heavy (non-hydrogen) atoms. The minimum atomic E-state index is 0.536. The number of benzene rings is 2. The fourth-order valence-corrected chi connectivity index (χ4v) is 1.70. The van der Waals surface area contributed by atoms with E-state index in [0.29, 0.717) is 16.5 Å². The summed E-state index contributed by atoms with van der Waals surface area (Å²) in [4.78, 5) is 5.40. The maximum Gasteiger partial charge on any atom is 0.157 e. The standard InChI is InChI=1S/C12H9Cl2NO/c13-11-8-4-5-9-12(11)15(14)16-10-6-2-1-3-7-10/h1-9H. The highest BCUT2D eigenvalue weighted by molar-refractivity contribution is 6.35. The first-order valence-electron chi connectivity index (χ1n) is 4.71. The molecule has 4 heteroatoms. The lowest BCUT2D eigenvalue weighted by Gasteiger charge is -2.16. The predicted octanol–water partition coefficient (Wildman–Crippen LogP) is 4.29. The molecule has 0 atom stereocenters. The van der Waals surface area contributed by atoms with Gasteiger partial charge in [-0.3, -0.25) is 0 Å². The molecular weight excluding hydrogens is 245 g/mol. The van der Waals surface area contributed by atoms with Crippen LogP contribution in [0.2, 0.25) is 5.02 Å². The second-order valence-corrected chi connectivity index (χ2v) is 3.81. The maximum absolute atomic E-state index is 5.98. The van der Waals surface area contributed by atoms with Crippen LogP contribution in [0, 0.1) is 0 Å². The van der Waals surface area contributed by atoms with E-state index >= 15 is 0 Å². The van der Waals surface area contributed by atoms with Crippen LogP contribution in [0.15, 0.2) is 54.6 Å². The van der Waals surface area contributed by atoms with Gasteiger partial charge in [-0.05, 0) is 24.3 Å². The van der Waals surface area contributed by atoms with E-state index in [4.69, 9.17) is 28.2 Å². The highest BCUT2D eigenvalue weighted by atomic mass is 35.5. The predicted molar refractivity (Wildman–Crippen MR) is 66.9 cm³/mol. The zero-order valence-corrected chi connectivity index (χ0v) is 9.82. The summed E-state index contributed by atoms with van der Waals surface area (Å²) in [5, 5.41) is 0.536. The molecular formula is C12H9Cl2NO. The van der Waals surface area contributed by atoms with Crippen molar-refractivity contribution in [3.05, 3.63) is 59.6 Å². The summed E-state index contributed by atoms with van der Waals surface area (Å²) < 4.78 is 1.12. The summed E-state index contributed by atoms with van der Waals surface area (Å²) in [7, 11) is 0. The average molecular weight is 254 g/mol. The Balaban J connectivity index is 2.15. The summed E-state index contributed by atoms with van der Waals surface area (Å²) in [6, 6.07) is 16.5. The molecule has 0 unspecified atom stereocenters. The van der Waals surface area contributed by atoms with Gasteiger partial charge in [-0.2, -0.15) is 0 Å². The molecule has 0 aliphatic rings. The number of para-hydroxylation sites is 2. The van der Waals surface area contributed by atoms with Crippen molar-refractivity contribution in [2.45, 2.75) is 0 Å². The Morgan fingerprint density at radius 2 is 1.50 bits per heavy atom. The van der Waals surface area contributed by atoms with Crippen LogP contribution in [-0.4, -0.2) is 0 Å². The Bertz CT molecular complexity index is 462. The molecule has 0 aliphatic carbocycles. The van der Waals surface area contributed by atoms with Crippen LogP contribution in [0.25, 0.3) is 0 Å². The van der Waals surface area contributed by atoms with Crippen LogP contribution in [0.4, 0.5) is 5.69 Å². The van der Waals surface area contributed by atoms with Crippen LogP contribution >= 0.6 is 23.4 Å². The highest BCUT2D eigenvalue weighted by Crippen LogP contribution is 2.27. The van der Waals surface area contributed by atoms with Gasteiger partial charge in [0.2, 0.25) is 0 Å². The van der Waals surface area contributed by atoms with Crippen LogP contribution in [0.1, 0.15) is 0 Å². The van der Waals surface area contributed by atoms with E-state index in [9.17, 15) is 0 Å². The fraction of sp³-hybridized carbons (Fsp3) is 0. The van der Waals surface area contributed by atoms with Crippen LogP contribution in [-0.2, 0) is 0 Å². The van der Waals surface area contributed by atoms with Crippen molar-refractivity contribution in [3.63, 3.8) is 0 Å². The summed E-state index contributed by atoms with van der Waals surface area (Å²) in [5.74, 6) is 0.650. The molecule has 0 saturated carbocycles. The lowest BCUT2D eigenvalue weighted by atomic mass is 10.3. The molecule has 0 spiro atoms. The average Bonchev–Trinajstić information content (AvgIpc) is 2.31. The molecule has 0 radical (unpaired) electrons. The van der Waals surface area contributed by atoms with E-state index in [1.807, 2.05) is 42.5 Å². The Morgan fingerprint density at radius 1 is 0.875 bits per heavy atom. The molecule has 2 rings (SSSR count). The van der Waals surface area contributed by atoms with E-state index in [1.54, 1.807) is 12.1 Å². The molecule has 82 valence electrons. The van der Waals surface area contributed by atoms with Gasteiger partial charge in [0, 0.05) is 0 Å². The first kappa shape index (κ1) is 11.1. The molecule has 0 N–H and O–H groups in total. The smallest absolute Gasteiger partial charge is 0.157 e. The highest BCUT2D eigenvalue weighted by Gasteiger charge is 2.08. The van der Waals surface area contributed by atoms with Gasteiger partial charge in [-0.25, -0.2) is 0 Å². The number of rotatable bonds is 3. The molecule has 0 heterocycles. The van der Waals surface area contributed by atoms with E-state index < -0.39 is 0 Å². The largest absolute Gasteiger partial charge is 0.364 e. The number of anilines is 1. The summed E-state index contributed by atoms with van der Waals surface area (Å²) >= 11 is 12.0. The molecule has 0 aliphatic heterocycles. The SMILES string of the molecule is Clc1ccccc1N(Cl)Oc1ccccc1. The van der Waals surface area contributed by atoms with Gasteiger partial charge in [-0.15, -0.1) is 4.58 Å². The van der Waals surface area contributed by atoms with Crippen molar-refractivity contribution in [2.75, 3.05) is 4.58 Å². The second kappa shape index (κ2) is 5.10. The van der Waals surface area contributed by atoms with Crippen molar-refractivity contribution in [1.29, 1.82) is 0 Å². The minimum Gasteiger partial charge on any atom is -0.364 e. The van der Waals surface area contributed by atoms with Gasteiger partial charge in [0.15, 0.2) is 5.75 Å². The van der Waals surface area contributed by atoms with Crippen LogP contribution < -0.4 is 9.42 Å². The minimum absolute atomic E-state index is 0.536. The maximum atomic E-state index is 5.98. The Kier molecular flexibility index (Phi) is 3.54. The molecule has 0 fully saturated rings. The van der Waals surface area contributed by atoms with Gasteiger partial charge < -0.3 is 4.84 Å². The number of halogens is 2. The molecule has 0 bridgehead atoms. The monoisotopic (exact) mass is 253 g/mol. The first-order chi connectivity index (χ1) is 7.77. The van der Waals surface area contributed by atoms with Crippen molar-refractivity contribution < 1.29 is 4.84 Å².